The van der Waals surface area contributed by atoms with E-state index in [4.69, 9.17) is 17.3 Å². The van der Waals surface area contributed by atoms with E-state index in [9.17, 15) is 4.79 Å². The lowest BCUT2D eigenvalue weighted by atomic mass is 10.3. The summed E-state index contributed by atoms with van der Waals surface area (Å²) in [5.74, 6) is -0.567. The third kappa shape index (κ3) is 1.91. The molecule has 0 aliphatic heterocycles. The van der Waals surface area contributed by atoms with Crippen LogP contribution in [0.15, 0.2) is 16.7 Å². The molecular weight excluding hydrogens is 231 g/mol. The zero-order valence-corrected chi connectivity index (χ0v) is 7.69. The van der Waals surface area contributed by atoms with E-state index in [0.717, 1.165) is 0 Å². The van der Waals surface area contributed by atoms with Crippen LogP contribution in [-0.2, 0) is 0 Å². The lowest BCUT2D eigenvalue weighted by molar-refractivity contribution is 0.0995. The molecule has 0 fully saturated rings. The van der Waals surface area contributed by atoms with Crippen molar-refractivity contribution in [1.82, 2.24) is 4.98 Å². The van der Waals surface area contributed by atoms with Crippen LogP contribution in [0.3, 0.4) is 0 Å². The molecule has 5 heteroatoms. The minimum atomic E-state index is -0.567. The molecule has 58 valence electrons. The highest BCUT2D eigenvalue weighted by atomic mass is 79.9. The van der Waals surface area contributed by atoms with Gasteiger partial charge >= 0.3 is 0 Å². The Morgan fingerprint density at radius 1 is 1.64 bits per heavy atom. The summed E-state index contributed by atoms with van der Waals surface area (Å²) in [6, 6.07) is 3.02. The summed E-state index contributed by atoms with van der Waals surface area (Å²) in [6.07, 6.45) is 0. The molecule has 0 aliphatic rings. The molecule has 0 aromatic carbocycles. The molecule has 0 saturated heterocycles. The van der Waals surface area contributed by atoms with Crippen LogP contribution in [0.5, 0.6) is 0 Å². The molecule has 2 N–H and O–H groups in total. The number of nitrogens with two attached hydrogens (primary N) is 1. The Morgan fingerprint density at radius 3 is 2.73 bits per heavy atom. The molecule has 0 aliphatic carbocycles. The van der Waals surface area contributed by atoms with Crippen molar-refractivity contribution in [2.45, 2.75) is 0 Å². The molecule has 0 unspecified atom stereocenters. The van der Waals surface area contributed by atoms with Crippen molar-refractivity contribution in [3.63, 3.8) is 0 Å². The quantitative estimate of drug-likeness (QED) is 0.752. The van der Waals surface area contributed by atoms with Crippen molar-refractivity contribution < 1.29 is 4.79 Å². The van der Waals surface area contributed by atoms with Crippen molar-refractivity contribution in [3.8, 4) is 0 Å². The van der Waals surface area contributed by atoms with Crippen molar-refractivity contribution in [1.29, 1.82) is 0 Å². The van der Waals surface area contributed by atoms with E-state index in [0.29, 0.717) is 9.63 Å². The SMILES string of the molecule is NC(=O)c1ccc(Cl)c(Br)n1. The first-order valence-electron chi connectivity index (χ1n) is 2.73. The molecule has 1 rings (SSSR count). The highest BCUT2D eigenvalue weighted by Crippen LogP contribution is 2.19. The normalized spacial score (nSPS) is 9.64. The Balaban J connectivity index is 3.15. The second kappa shape index (κ2) is 3.19. The number of amides is 1. The van der Waals surface area contributed by atoms with Gasteiger partial charge in [0.25, 0.3) is 5.91 Å². The maximum Gasteiger partial charge on any atom is 0.267 e. The average molecular weight is 235 g/mol. The van der Waals surface area contributed by atoms with E-state index in [1.54, 1.807) is 6.07 Å². The summed E-state index contributed by atoms with van der Waals surface area (Å²) in [5.41, 5.74) is 5.16. The number of nitrogens with zero attached hydrogens (tertiary/aromatic N) is 1. The largest absolute Gasteiger partial charge is 0.364 e. The van der Waals surface area contributed by atoms with E-state index in [1.165, 1.54) is 6.07 Å². The highest BCUT2D eigenvalue weighted by molar-refractivity contribution is 9.10. The average Bonchev–Trinajstić information content (AvgIpc) is 1.94. The van der Waals surface area contributed by atoms with Gasteiger partial charge in [-0.3, -0.25) is 4.79 Å². The number of hydrogen-bond acceptors (Lipinski definition) is 2. The van der Waals surface area contributed by atoms with E-state index in [1.807, 2.05) is 0 Å². The molecule has 1 heterocycles. The van der Waals surface area contributed by atoms with Gasteiger partial charge in [0.05, 0.1) is 5.02 Å². The number of primary amides is 1. The van der Waals surface area contributed by atoms with E-state index in [-0.39, 0.29) is 5.69 Å². The van der Waals surface area contributed by atoms with Crippen LogP contribution >= 0.6 is 27.5 Å². The van der Waals surface area contributed by atoms with Crippen LogP contribution in [0.25, 0.3) is 0 Å². The Morgan fingerprint density at radius 2 is 2.27 bits per heavy atom. The van der Waals surface area contributed by atoms with Crippen molar-refractivity contribution >= 4 is 33.4 Å². The van der Waals surface area contributed by atoms with Crippen LogP contribution < -0.4 is 5.73 Å². The Kier molecular flexibility index (Phi) is 2.46. The lowest BCUT2D eigenvalue weighted by Gasteiger charge is -1.96. The zero-order chi connectivity index (χ0) is 8.43. The van der Waals surface area contributed by atoms with Gasteiger partial charge in [-0.15, -0.1) is 0 Å². The third-order valence-corrected chi connectivity index (χ3v) is 2.19. The zero-order valence-electron chi connectivity index (χ0n) is 5.34. The third-order valence-electron chi connectivity index (χ3n) is 1.06. The Bertz CT molecular complexity index is 303. The van der Waals surface area contributed by atoms with E-state index < -0.39 is 5.91 Å². The van der Waals surface area contributed by atoms with Gasteiger partial charge in [0.15, 0.2) is 0 Å². The molecule has 0 atom stereocenters. The highest BCUT2D eigenvalue weighted by Gasteiger charge is 2.04. The minimum Gasteiger partial charge on any atom is -0.364 e. The molecule has 1 aromatic rings. The van der Waals surface area contributed by atoms with Gasteiger partial charge in [-0.1, -0.05) is 11.6 Å². The summed E-state index contributed by atoms with van der Waals surface area (Å²) >= 11 is 8.69. The topological polar surface area (TPSA) is 56.0 Å². The van der Waals surface area contributed by atoms with Gasteiger partial charge in [-0.05, 0) is 28.1 Å². The predicted molar refractivity (Wildman–Crippen MR) is 45.5 cm³/mol. The molecule has 11 heavy (non-hydrogen) atoms. The summed E-state index contributed by atoms with van der Waals surface area (Å²) in [6.45, 7) is 0. The van der Waals surface area contributed by atoms with Crippen LogP contribution in [0.4, 0.5) is 0 Å². The van der Waals surface area contributed by atoms with Crippen LogP contribution in [-0.4, -0.2) is 10.9 Å². The predicted octanol–water partition coefficient (Wildman–Crippen LogP) is 1.60. The molecule has 0 saturated carbocycles. The molecule has 3 nitrogen and oxygen atoms in total. The Labute approximate surface area is 76.7 Å². The fraction of sp³-hybridized carbons (Fsp3) is 0. The first-order chi connectivity index (χ1) is 5.11. The standard InChI is InChI=1S/C6H4BrClN2O/c7-5-3(8)1-2-4(10-5)6(9)11/h1-2H,(H2,9,11). The smallest absolute Gasteiger partial charge is 0.267 e. The molecule has 0 bridgehead atoms. The molecular formula is C6H4BrClN2O. The van der Waals surface area contributed by atoms with Gasteiger partial charge in [0.1, 0.15) is 10.3 Å². The van der Waals surface area contributed by atoms with Crippen molar-refractivity contribution in [3.05, 3.63) is 27.5 Å². The molecule has 1 aromatic heterocycles. The maximum absolute atomic E-state index is 10.6. The number of carbonyl (C=O) groups is 1. The van der Waals surface area contributed by atoms with Crippen LogP contribution in [0, 0.1) is 0 Å². The summed E-state index contributed by atoms with van der Waals surface area (Å²) in [5, 5.41) is 0.454. The first kappa shape index (κ1) is 8.49. The van der Waals surface area contributed by atoms with Gasteiger partial charge in [0.2, 0.25) is 0 Å². The number of carbonyl (C=O) groups excluding carboxylic acids is 1. The molecule has 1 amide bonds. The van der Waals surface area contributed by atoms with Crippen molar-refractivity contribution in [2.75, 3.05) is 0 Å². The van der Waals surface area contributed by atoms with E-state index >= 15 is 0 Å². The number of rotatable bonds is 1. The number of pyridine rings is 1. The fourth-order valence-electron chi connectivity index (χ4n) is 0.555. The van der Waals surface area contributed by atoms with Gasteiger partial charge in [-0.25, -0.2) is 4.98 Å². The number of aromatic nitrogens is 1. The van der Waals surface area contributed by atoms with Gasteiger partial charge in [0, 0.05) is 0 Å². The molecule has 0 spiro atoms. The van der Waals surface area contributed by atoms with Crippen LogP contribution in [0.1, 0.15) is 10.5 Å². The monoisotopic (exact) mass is 234 g/mol. The minimum absolute atomic E-state index is 0.196. The van der Waals surface area contributed by atoms with E-state index in [2.05, 4.69) is 20.9 Å². The van der Waals surface area contributed by atoms with Gasteiger partial charge in [-0.2, -0.15) is 0 Å². The maximum atomic E-state index is 10.6. The fourth-order valence-corrected chi connectivity index (χ4v) is 0.983. The van der Waals surface area contributed by atoms with Crippen LogP contribution in [0.2, 0.25) is 5.02 Å². The summed E-state index contributed by atoms with van der Waals surface area (Å²) in [7, 11) is 0. The summed E-state index contributed by atoms with van der Waals surface area (Å²) < 4.78 is 0.426. The summed E-state index contributed by atoms with van der Waals surface area (Å²) in [4.78, 5) is 14.3. The number of hydrogen-bond donors (Lipinski definition) is 1. The second-order valence-electron chi connectivity index (χ2n) is 1.83. The number of halogens is 2. The lowest BCUT2D eigenvalue weighted by Crippen LogP contribution is -2.12. The molecule has 0 radical (unpaired) electrons. The first-order valence-corrected chi connectivity index (χ1v) is 3.90. The Hall–Kier alpha value is -0.610. The second-order valence-corrected chi connectivity index (χ2v) is 2.99. The van der Waals surface area contributed by atoms with Crippen molar-refractivity contribution in [2.24, 2.45) is 5.73 Å². The van der Waals surface area contributed by atoms with Gasteiger partial charge < -0.3 is 5.73 Å².